The van der Waals surface area contributed by atoms with Gasteiger partial charge < -0.3 is 14.4 Å². The number of aromatic nitrogens is 3. The van der Waals surface area contributed by atoms with Gasteiger partial charge in [-0.3, -0.25) is 9.36 Å². The van der Waals surface area contributed by atoms with Crippen LogP contribution in [-0.2, 0) is 11.4 Å². The van der Waals surface area contributed by atoms with E-state index in [-0.39, 0.29) is 12.5 Å². The Balaban J connectivity index is 1.53. The molecule has 2 aromatic carbocycles. The highest BCUT2D eigenvalue weighted by atomic mass is 79.9. The Bertz CT molecular complexity index is 1090. The molecule has 1 aliphatic heterocycles. The summed E-state index contributed by atoms with van der Waals surface area (Å²) in [5.41, 5.74) is 0.893. The Morgan fingerprint density at radius 3 is 2.47 bits per heavy atom. The molecular formula is C25H29BrN4O3S. The van der Waals surface area contributed by atoms with Crippen molar-refractivity contribution in [1.29, 1.82) is 0 Å². The minimum Gasteiger partial charge on any atom is -0.494 e. The van der Waals surface area contributed by atoms with Gasteiger partial charge in [-0.1, -0.05) is 27.7 Å². The number of carbonyl (C=O) groups excluding carboxylic acids is 1. The lowest BCUT2D eigenvalue weighted by Gasteiger charge is -2.33. The average Bonchev–Trinajstić information content (AvgIpc) is 3.26. The molecule has 0 radical (unpaired) electrons. The molecule has 2 heterocycles. The first kappa shape index (κ1) is 24.6. The topological polar surface area (TPSA) is 69.5 Å². The summed E-state index contributed by atoms with van der Waals surface area (Å²) in [5, 5.41) is 9.45. The number of piperidine rings is 1. The van der Waals surface area contributed by atoms with Gasteiger partial charge in [0, 0.05) is 22.7 Å². The highest BCUT2D eigenvalue weighted by molar-refractivity contribution is 9.10. The van der Waals surface area contributed by atoms with E-state index in [2.05, 4.69) is 33.1 Å². The SMILES string of the molecule is CCOc1ccc(-n2c(COc3ccc(Br)cc3)nnc2SCC(=O)N2CCCC[C@H]2C)cc1. The van der Waals surface area contributed by atoms with Crippen LogP contribution in [0.1, 0.15) is 38.9 Å². The van der Waals surface area contributed by atoms with Gasteiger partial charge in [0.15, 0.2) is 11.0 Å². The first-order chi connectivity index (χ1) is 16.5. The molecule has 1 fully saturated rings. The Labute approximate surface area is 213 Å². The number of ether oxygens (including phenoxy) is 2. The van der Waals surface area contributed by atoms with E-state index in [0.717, 1.165) is 41.0 Å². The highest BCUT2D eigenvalue weighted by Gasteiger charge is 2.24. The van der Waals surface area contributed by atoms with E-state index in [1.165, 1.54) is 18.2 Å². The van der Waals surface area contributed by atoms with Crippen molar-refractivity contribution >= 4 is 33.6 Å². The molecule has 1 amide bonds. The largest absolute Gasteiger partial charge is 0.494 e. The van der Waals surface area contributed by atoms with E-state index in [1.807, 2.05) is 64.9 Å². The van der Waals surface area contributed by atoms with Crippen LogP contribution in [0, 0.1) is 0 Å². The van der Waals surface area contributed by atoms with E-state index in [0.29, 0.717) is 29.4 Å². The minimum absolute atomic E-state index is 0.145. The molecule has 0 bridgehead atoms. The fourth-order valence-electron chi connectivity index (χ4n) is 3.96. The van der Waals surface area contributed by atoms with Crippen molar-refractivity contribution in [2.75, 3.05) is 18.9 Å². The van der Waals surface area contributed by atoms with E-state index >= 15 is 0 Å². The molecule has 180 valence electrons. The number of benzene rings is 2. The number of carbonyl (C=O) groups is 1. The molecule has 9 heteroatoms. The molecule has 0 spiro atoms. The van der Waals surface area contributed by atoms with Gasteiger partial charge in [0.1, 0.15) is 18.1 Å². The summed E-state index contributed by atoms with van der Waals surface area (Å²) >= 11 is 4.85. The standard InChI is InChI=1S/C25H29BrN4O3S/c1-3-32-21-13-9-20(10-14-21)30-23(16-33-22-11-7-19(26)8-12-22)27-28-25(30)34-17-24(31)29-15-5-4-6-18(29)2/h7-14,18H,3-6,15-17H2,1-2H3/t18-/m1/s1. The molecule has 0 saturated carbocycles. The van der Waals surface area contributed by atoms with Gasteiger partial charge in [-0.2, -0.15) is 0 Å². The normalized spacial score (nSPS) is 15.9. The number of nitrogens with zero attached hydrogens (tertiary/aromatic N) is 4. The second kappa shape index (κ2) is 11.8. The van der Waals surface area contributed by atoms with Crippen LogP contribution in [-0.4, -0.2) is 50.5 Å². The van der Waals surface area contributed by atoms with Crippen molar-refractivity contribution in [1.82, 2.24) is 19.7 Å². The summed E-state index contributed by atoms with van der Waals surface area (Å²) in [6.07, 6.45) is 3.32. The molecule has 0 aliphatic carbocycles. The quantitative estimate of drug-likeness (QED) is 0.331. The van der Waals surface area contributed by atoms with Gasteiger partial charge in [-0.05, 0) is 81.6 Å². The third-order valence-corrected chi connectivity index (χ3v) is 7.18. The molecule has 1 aliphatic rings. The van der Waals surface area contributed by atoms with Crippen molar-refractivity contribution < 1.29 is 14.3 Å². The zero-order valence-electron chi connectivity index (χ0n) is 19.4. The van der Waals surface area contributed by atoms with E-state index in [9.17, 15) is 4.79 Å². The Hall–Kier alpha value is -2.52. The molecule has 34 heavy (non-hydrogen) atoms. The number of hydrogen-bond donors (Lipinski definition) is 0. The van der Waals surface area contributed by atoms with Gasteiger partial charge in [0.2, 0.25) is 5.91 Å². The lowest BCUT2D eigenvalue weighted by Crippen LogP contribution is -2.42. The summed E-state index contributed by atoms with van der Waals surface area (Å²) in [6.45, 7) is 5.77. The van der Waals surface area contributed by atoms with Gasteiger partial charge >= 0.3 is 0 Å². The van der Waals surface area contributed by atoms with Crippen LogP contribution >= 0.6 is 27.7 Å². The number of rotatable bonds is 9. The summed E-state index contributed by atoms with van der Waals surface area (Å²) < 4.78 is 14.5. The number of hydrogen-bond acceptors (Lipinski definition) is 6. The van der Waals surface area contributed by atoms with Gasteiger partial charge in [-0.15, -0.1) is 10.2 Å². The molecule has 1 saturated heterocycles. The molecule has 1 aromatic heterocycles. The molecule has 0 unspecified atom stereocenters. The molecular weight excluding hydrogens is 516 g/mol. The van der Waals surface area contributed by atoms with Gasteiger partial charge in [0.05, 0.1) is 12.4 Å². The second-order valence-electron chi connectivity index (χ2n) is 8.12. The zero-order chi connectivity index (χ0) is 23.9. The van der Waals surface area contributed by atoms with Crippen molar-refractivity contribution in [2.45, 2.75) is 50.9 Å². The average molecular weight is 546 g/mol. The molecule has 1 atom stereocenters. The van der Waals surface area contributed by atoms with Crippen LogP contribution in [0.2, 0.25) is 0 Å². The monoisotopic (exact) mass is 544 g/mol. The second-order valence-corrected chi connectivity index (χ2v) is 9.98. The lowest BCUT2D eigenvalue weighted by molar-refractivity contribution is -0.131. The third-order valence-electron chi connectivity index (χ3n) is 5.74. The van der Waals surface area contributed by atoms with Gasteiger partial charge in [0.25, 0.3) is 0 Å². The van der Waals surface area contributed by atoms with E-state index < -0.39 is 0 Å². The van der Waals surface area contributed by atoms with Crippen LogP contribution in [0.3, 0.4) is 0 Å². The first-order valence-electron chi connectivity index (χ1n) is 11.5. The molecule has 4 rings (SSSR count). The Morgan fingerprint density at radius 2 is 1.76 bits per heavy atom. The maximum atomic E-state index is 12.9. The van der Waals surface area contributed by atoms with Crippen LogP contribution in [0.15, 0.2) is 58.2 Å². The fourth-order valence-corrected chi connectivity index (χ4v) is 5.08. The van der Waals surface area contributed by atoms with Crippen molar-refractivity contribution in [3.8, 4) is 17.2 Å². The van der Waals surface area contributed by atoms with Crippen molar-refractivity contribution in [3.63, 3.8) is 0 Å². The highest BCUT2D eigenvalue weighted by Crippen LogP contribution is 2.26. The van der Waals surface area contributed by atoms with E-state index in [1.54, 1.807) is 0 Å². The molecule has 7 nitrogen and oxygen atoms in total. The molecule has 0 N–H and O–H groups in total. The van der Waals surface area contributed by atoms with Crippen LogP contribution in [0.25, 0.3) is 5.69 Å². The number of amides is 1. The van der Waals surface area contributed by atoms with Crippen LogP contribution in [0.4, 0.5) is 0 Å². The fraction of sp³-hybridized carbons (Fsp3) is 0.400. The Kier molecular flexibility index (Phi) is 8.50. The van der Waals surface area contributed by atoms with Crippen LogP contribution in [0.5, 0.6) is 11.5 Å². The smallest absolute Gasteiger partial charge is 0.233 e. The zero-order valence-corrected chi connectivity index (χ0v) is 21.8. The van der Waals surface area contributed by atoms with Crippen LogP contribution < -0.4 is 9.47 Å². The number of halogens is 1. The summed E-state index contributed by atoms with van der Waals surface area (Å²) in [7, 11) is 0. The predicted molar refractivity (Wildman–Crippen MR) is 137 cm³/mol. The summed E-state index contributed by atoms with van der Waals surface area (Å²) in [6, 6.07) is 15.7. The first-order valence-corrected chi connectivity index (χ1v) is 13.3. The lowest BCUT2D eigenvalue weighted by atomic mass is 10.0. The Morgan fingerprint density at radius 1 is 1.06 bits per heavy atom. The van der Waals surface area contributed by atoms with Crippen molar-refractivity contribution in [3.05, 3.63) is 58.8 Å². The number of thioether (sulfide) groups is 1. The third kappa shape index (κ3) is 6.13. The van der Waals surface area contributed by atoms with Gasteiger partial charge in [-0.25, -0.2) is 0 Å². The minimum atomic E-state index is 0.145. The van der Waals surface area contributed by atoms with Crippen molar-refractivity contribution in [2.24, 2.45) is 0 Å². The summed E-state index contributed by atoms with van der Waals surface area (Å²) in [5.74, 6) is 2.68. The number of likely N-dealkylation sites (tertiary alicyclic amines) is 1. The van der Waals surface area contributed by atoms with E-state index in [4.69, 9.17) is 9.47 Å². The predicted octanol–water partition coefficient (Wildman–Crippen LogP) is 5.50. The maximum Gasteiger partial charge on any atom is 0.233 e. The maximum absolute atomic E-state index is 12.9. The summed E-state index contributed by atoms with van der Waals surface area (Å²) in [4.78, 5) is 14.9. The molecule has 3 aromatic rings.